The third kappa shape index (κ3) is 8.64. The Hall–Kier alpha value is -5.64. The van der Waals surface area contributed by atoms with E-state index in [4.69, 9.17) is 9.72 Å². The van der Waals surface area contributed by atoms with Crippen LogP contribution in [-0.2, 0) is 42.7 Å². The SMILES string of the molecule is CC(C)(C)c1cc(N2[CH-]N(c3[c-]c(Oc4[c-]c5c(cc4)c4cc(-c6ccccc6)ccc4n5-c4cc(C(C)(C)C)ccn4)ccc3)c3ccc(C(C)(C)C)cc32)cc(C(C)(C)C)c1.[Pt]. The van der Waals surface area contributed by atoms with Crippen LogP contribution in [0, 0.1) is 18.8 Å². The van der Waals surface area contributed by atoms with E-state index in [0.717, 1.165) is 55.9 Å². The van der Waals surface area contributed by atoms with E-state index in [1.807, 2.05) is 24.4 Å². The number of nitrogens with zero attached hydrogens (tertiary/aromatic N) is 4. The Morgan fingerprint density at radius 2 is 1.16 bits per heavy atom. The zero-order chi connectivity index (χ0) is 44.6. The quantitative estimate of drug-likeness (QED) is 0.155. The molecule has 5 nitrogen and oxygen atoms in total. The van der Waals surface area contributed by atoms with E-state index < -0.39 is 0 Å². The molecule has 6 heteroatoms. The summed E-state index contributed by atoms with van der Waals surface area (Å²) in [5.74, 6) is 2.06. The molecule has 0 N–H and O–H groups in total. The predicted molar refractivity (Wildman–Crippen MR) is 264 cm³/mol. The van der Waals surface area contributed by atoms with E-state index in [1.165, 1.54) is 27.8 Å². The van der Waals surface area contributed by atoms with Crippen LogP contribution >= 0.6 is 0 Å². The number of hydrogen-bond donors (Lipinski definition) is 0. The monoisotopic (exact) mass is 1020 g/mol. The summed E-state index contributed by atoms with van der Waals surface area (Å²) in [6.07, 6.45) is 1.91. The number of anilines is 4. The van der Waals surface area contributed by atoms with Crippen molar-refractivity contribution in [2.45, 2.75) is 105 Å². The molecular formula is C58H59N4OPt-3. The fourth-order valence-electron chi connectivity index (χ4n) is 8.43. The Balaban J connectivity index is 0.00000560. The smallest absolute Gasteiger partial charge is 0.135 e. The third-order valence-corrected chi connectivity index (χ3v) is 12.3. The molecule has 0 saturated heterocycles. The Kier molecular flexibility index (Phi) is 11.5. The summed E-state index contributed by atoms with van der Waals surface area (Å²) in [6.45, 7) is 29.5. The van der Waals surface area contributed by atoms with Crippen molar-refractivity contribution in [1.29, 1.82) is 0 Å². The van der Waals surface area contributed by atoms with E-state index in [2.05, 4.69) is 225 Å². The van der Waals surface area contributed by atoms with Crippen molar-refractivity contribution >= 4 is 44.6 Å². The molecule has 0 aliphatic carbocycles. The first-order chi connectivity index (χ1) is 29.7. The van der Waals surface area contributed by atoms with Gasteiger partial charge in [0.15, 0.2) is 0 Å². The maximum atomic E-state index is 6.72. The van der Waals surface area contributed by atoms with Gasteiger partial charge in [0, 0.05) is 61.3 Å². The molecule has 0 fully saturated rings. The van der Waals surface area contributed by atoms with Crippen LogP contribution < -0.4 is 14.5 Å². The molecule has 64 heavy (non-hydrogen) atoms. The molecular weight excluding hydrogens is 964 g/mol. The average molecular weight is 1020 g/mol. The summed E-state index contributed by atoms with van der Waals surface area (Å²) in [5, 5.41) is 2.22. The summed E-state index contributed by atoms with van der Waals surface area (Å²) in [4.78, 5) is 9.51. The van der Waals surface area contributed by atoms with E-state index in [0.29, 0.717) is 11.5 Å². The van der Waals surface area contributed by atoms with Gasteiger partial charge in [-0.15, -0.1) is 48.1 Å². The maximum absolute atomic E-state index is 6.72. The minimum atomic E-state index is -0.0409. The molecule has 8 aromatic rings. The molecule has 0 bridgehead atoms. The van der Waals surface area contributed by atoms with Crippen molar-refractivity contribution in [1.82, 2.24) is 9.55 Å². The summed E-state index contributed by atoms with van der Waals surface area (Å²) in [6, 6.07) is 53.1. The van der Waals surface area contributed by atoms with Gasteiger partial charge in [-0.05, 0) is 103 Å². The summed E-state index contributed by atoms with van der Waals surface area (Å²) in [5.41, 5.74) is 13.6. The zero-order valence-electron chi connectivity index (χ0n) is 39.3. The van der Waals surface area contributed by atoms with E-state index in [1.54, 1.807) is 0 Å². The molecule has 0 unspecified atom stereocenters. The van der Waals surface area contributed by atoms with Crippen LogP contribution in [0.4, 0.5) is 22.7 Å². The van der Waals surface area contributed by atoms with E-state index >= 15 is 0 Å². The molecule has 9 rings (SSSR count). The molecule has 0 saturated carbocycles. The third-order valence-electron chi connectivity index (χ3n) is 12.3. The van der Waals surface area contributed by atoms with Crippen molar-refractivity contribution in [2.24, 2.45) is 0 Å². The fraction of sp³-hybridized carbons (Fsp3) is 0.276. The van der Waals surface area contributed by atoms with Gasteiger partial charge in [0.2, 0.25) is 0 Å². The zero-order valence-corrected chi connectivity index (χ0v) is 41.6. The van der Waals surface area contributed by atoms with Crippen LogP contribution in [0.2, 0.25) is 0 Å². The van der Waals surface area contributed by atoms with Gasteiger partial charge in [-0.25, -0.2) is 4.98 Å². The summed E-state index contributed by atoms with van der Waals surface area (Å²) < 4.78 is 8.94. The van der Waals surface area contributed by atoms with Gasteiger partial charge in [0.1, 0.15) is 5.82 Å². The predicted octanol–water partition coefficient (Wildman–Crippen LogP) is 15.8. The number of rotatable bonds is 6. The number of hydrogen-bond acceptors (Lipinski definition) is 4. The normalized spacial score (nSPS) is 13.4. The average Bonchev–Trinajstić information content (AvgIpc) is 3.78. The molecule has 1 aliphatic heterocycles. The second-order valence-corrected chi connectivity index (χ2v) is 21.3. The second-order valence-electron chi connectivity index (χ2n) is 21.3. The van der Waals surface area contributed by atoms with Crippen LogP contribution in [0.15, 0.2) is 134 Å². The number of pyridine rings is 1. The van der Waals surface area contributed by atoms with Crippen molar-refractivity contribution < 1.29 is 25.8 Å². The first-order valence-electron chi connectivity index (χ1n) is 22.2. The Bertz CT molecular complexity index is 2980. The van der Waals surface area contributed by atoms with Crippen molar-refractivity contribution in [3.8, 4) is 28.4 Å². The van der Waals surface area contributed by atoms with E-state index in [9.17, 15) is 0 Å². The first-order valence-corrected chi connectivity index (χ1v) is 22.2. The molecule has 6 aromatic carbocycles. The minimum Gasteiger partial charge on any atom is -0.509 e. The van der Waals surface area contributed by atoms with Gasteiger partial charge in [-0.3, -0.25) is 0 Å². The molecule has 0 atom stereocenters. The molecule has 330 valence electrons. The molecule has 2 aromatic heterocycles. The van der Waals surface area contributed by atoms with Crippen molar-refractivity contribution in [2.75, 3.05) is 9.80 Å². The van der Waals surface area contributed by atoms with Crippen LogP contribution in [-0.4, -0.2) is 9.55 Å². The Morgan fingerprint density at radius 3 is 1.83 bits per heavy atom. The molecule has 0 amide bonds. The van der Waals surface area contributed by atoms with Crippen LogP contribution in [0.3, 0.4) is 0 Å². The number of fused-ring (bicyclic) bond motifs is 4. The minimum absolute atomic E-state index is 0. The van der Waals surface area contributed by atoms with Gasteiger partial charge >= 0.3 is 0 Å². The van der Waals surface area contributed by atoms with Crippen LogP contribution in [0.25, 0.3) is 38.8 Å². The van der Waals surface area contributed by atoms with Crippen molar-refractivity contribution in [3.63, 3.8) is 0 Å². The second kappa shape index (κ2) is 16.4. The Labute approximate surface area is 395 Å². The molecule has 1 aliphatic rings. The van der Waals surface area contributed by atoms with Gasteiger partial charge in [-0.2, -0.15) is 12.1 Å². The topological polar surface area (TPSA) is 33.5 Å². The van der Waals surface area contributed by atoms with Gasteiger partial charge in [0.25, 0.3) is 0 Å². The number of aromatic nitrogens is 2. The Morgan fingerprint density at radius 1 is 0.500 bits per heavy atom. The number of ether oxygens (including phenoxy) is 1. The van der Waals surface area contributed by atoms with Crippen LogP contribution in [0.5, 0.6) is 11.5 Å². The maximum Gasteiger partial charge on any atom is 0.135 e. The molecule has 0 spiro atoms. The fourth-order valence-corrected chi connectivity index (χ4v) is 8.43. The van der Waals surface area contributed by atoms with Gasteiger partial charge < -0.3 is 19.1 Å². The molecule has 3 heterocycles. The standard InChI is InChI=1S/C58H59N4O.Pt/c1-55(2,3)40-22-26-51-53(33-40)61(45-31-42(57(7,8)9)30-43(32-45)58(10,11)12)37-60(51)44-19-16-20-46(35-44)63-47-23-24-48-49-29-39(38-17-14-13-15-18-38)21-25-50(49)62(52(48)36-47)54-34-41(27-28-59-54)56(4,5)6;/h13-34,37H,1-12H3;/q-3;. The van der Waals surface area contributed by atoms with E-state index in [-0.39, 0.29) is 42.7 Å². The summed E-state index contributed by atoms with van der Waals surface area (Å²) >= 11 is 0. The van der Waals surface area contributed by atoms with Crippen LogP contribution in [0.1, 0.15) is 105 Å². The van der Waals surface area contributed by atoms with Gasteiger partial charge in [-0.1, -0.05) is 143 Å². The summed E-state index contributed by atoms with van der Waals surface area (Å²) in [7, 11) is 0. The largest absolute Gasteiger partial charge is 0.509 e. The number of benzene rings is 6. The van der Waals surface area contributed by atoms with Crippen molar-refractivity contribution in [3.05, 3.63) is 175 Å². The first kappa shape index (κ1) is 44.9. The van der Waals surface area contributed by atoms with Gasteiger partial charge in [0.05, 0.1) is 0 Å². The molecule has 0 radical (unpaired) electrons.